The fraction of sp³-hybridized carbons (Fsp3) is 0.667. The van der Waals surface area contributed by atoms with Gasteiger partial charge in [0.1, 0.15) is 0 Å². The Hall–Kier alpha value is -0.251. The molecule has 0 bridgehead atoms. The van der Waals surface area contributed by atoms with Crippen LogP contribution in [-0.2, 0) is 21.8 Å². The van der Waals surface area contributed by atoms with Gasteiger partial charge in [-0.05, 0) is 0 Å². The summed E-state index contributed by atoms with van der Waals surface area (Å²) in [5.74, 6) is 0. The van der Waals surface area contributed by atoms with Gasteiger partial charge in [-0.3, -0.25) is 0 Å². The van der Waals surface area contributed by atoms with Gasteiger partial charge in [-0.15, -0.1) is 0 Å². The first-order valence-electron chi connectivity index (χ1n) is 1.81. The molecule has 4 nitrogen and oxygen atoms in total. The smallest absolute Gasteiger partial charge is 0.548 e. The maximum Gasteiger partial charge on any atom is 1.00 e. The largest absolute Gasteiger partial charge is 1.00 e. The predicted molar refractivity (Wildman–Crippen MR) is 20.4 cm³/mol. The second-order valence-corrected chi connectivity index (χ2v) is 0.887. The zero-order valence-electron chi connectivity index (χ0n) is 4.02. The fourth-order valence-electron chi connectivity index (χ4n) is 0.142. The molecular weight excluding hydrogens is 162 g/mol. The van der Waals surface area contributed by atoms with Crippen molar-refractivity contribution in [3.8, 4) is 0 Å². The molecule has 0 aliphatic rings. The molecule has 0 fully saturated rings. The van der Waals surface area contributed by atoms with E-state index < -0.39 is 6.16 Å². The molecule has 0 aromatic carbocycles. The summed E-state index contributed by atoms with van der Waals surface area (Å²) in [7, 11) is 0. The number of ether oxygens (including phenoxy) is 1. The number of carbonyl (C=O) groups excluding carboxylic acids is 1. The molecule has 0 aliphatic carbocycles. The van der Waals surface area contributed by atoms with Gasteiger partial charge in [-0.2, -0.15) is 0 Å². The summed E-state index contributed by atoms with van der Waals surface area (Å²) in [6.45, 7) is 0.219. The molecular formula is C3H6CuNO3. The Morgan fingerprint density at radius 2 is 2.25 bits per heavy atom. The van der Waals surface area contributed by atoms with Gasteiger partial charge in [0.2, 0.25) is 0 Å². The van der Waals surface area contributed by atoms with Crippen LogP contribution in [0.4, 0.5) is 4.79 Å². The van der Waals surface area contributed by atoms with Crippen LogP contribution in [0.5, 0.6) is 0 Å². The van der Waals surface area contributed by atoms with Crippen molar-refractivity contribution in [3.63, 3.8) is 0 Å². The van der Waals surface area contributed by atoms with Crippen molar-refractivity contribution in [3.05, 3.63) is 0 Å². The maximum atomic E-state index is 9.37. The molecule has 52 valence electrons. The third kappa shape index (κ3) is 9.23. The number of carboxylic acid groups (broad SMARTS) is 1. The molecule has 0 aromatic heterocycles. The minimum Gasteiger partial charge on any atom is -0.548 e. The summed E-state index contributed by atoms with van der Waals surface area (Å²) in [6, 6.07) is 0. The first-order chi connectivity index (χ1) is 3.27. The minimum absolute atomic E-state index is 0. The topological polar surface area (TPSA) is 75.4 Å². The molecule has 0 unspecified atom stereocenters. The molecule has 0 heterocycles. The van der Waals surface area contributed by atoms with Crippen LogP contribution in [0.3, 0.4) is 0 Å². The SMILES string of the molecule is NCCOC(=O)[O-].[Cu+]. The van der Waals surface area contributed by atoms with Gasteiger partial charge in [0.15, 0.2) is 0 Å². The molecule has 8 heavy (non-hydrogen) atoms. The summed E-state index contributed by atoms with van der Waals surface area (Å²) in [4.78, 5) is 9.37. The summed E-state index contributed by atoms with van der Waals surface area (Å²) >= 11 is 0. The van der Waals surface area contributed by atoms with Crippen molar-refractivity contribution in [1.29, 1.82) is 0 Å². The number of nitrogens with two attached hydrogens (primary N) is 1. The Balaban J connectivity index is 0. The van der Waals surface area contributed by atoms with E-state index in [1.165, 1.54) is 0 Å². The van der Waals surface area contributed by atoms with E-state index in [4.69, 9.17) is 5.73 Å². The van der Waals surface area contributed by atoms with Crippen LogP contribution in [0.1, 0.15) is 0 Å². The van der Waals surface area contributed by atoms with E-state index in [1.807, 2.05) is 0 Å². The molecule has 0 atom stereocenters. The number of hydrogen-bond donors (Lipinski definition) is 1. The fourth-order valence-corrected chi connectivity index (χ4v) is 0.142. The van der Waals surface area contributed by atoms with Crippen molar-refractivity contribution in [2.24, 2.45) is 5.73 Å². The van der Waals surface area contributed by atoms with Crippen LogP contribution in [0.15, 0.2) is 0 Å². The monoisotopic (exact) mass is 167 g/mol. The van der Waals surface area contributed by atoms with Crippen LogP contribution in [0.2, 0.25) is 0 Å². The van der Waals surface area contributed by atoms with Gasteiger partial charge in [0.05, 0.1) is 0 Å². The standard InChI is InChI=1S/C3H7NO3.Cu/c4-1-2-7-3(5)6;/h1-2,4H2,(H,5,6);/q;+1/p-1. The quantitative estimate of drug-likeness (QED) is 0.393. The van der Waals surface area contributed by atoms with Crippen molar-refractivity contribution in [2.75, 3.05) is 13.2 Å². The van der Waals surface area contributed by atoms with Crippen molar-refractivity contribution in [2.45, 2.75) is 0 Å². The van der Waals surface area contributed by atoms with Crippen LogP contribution in [0.25, 0.3) is 0 Å². The van der Waals surface area contributed by atoms with Gasteiger partial charge >= 0.3 is 17.1 Å². The molecule has 0 spiro atoms. The Kier molecular flexibility index (Phi) is 9.01. The van der Waals surface area contributed by atoms with E-state index in [1.54, 1.807) is 0 Å². The average Bonchev–Trinajstić information content (AvgIpc) is 1.61. The molecule has 0 aliphatic heterocycles. The number of rotatable bonds is 2. The third-order valence-electron chi connectivity index (χ3n) is 0.338. The third-order valence-corrected chi connectivity index (χ3v) is 0.338. The Bertz CT molecular complexity index is 67.5. The Morgan fingerprint density at radius 3 is 2.38 bits per heavy atom. The first kappa shape index (κ1) is 10.7. The van der Waals surface area contributed by atoms with Crippen LogP contribution in [0, 0.1) is 0 Å². The van der Waals surface area contributed by atoms with E-state index in [2.05, 4.69) is 4.74 Å². The number of carbonyl (C=O) groups is 1. The van der Waals surface area contributed by atoms with Gasteiger partial charge in [0, 0.05) is 13.2 Å². The van der Waals surface area contributed by atoms with Gasteiger partial charge in [-0.1, -0.05) is 0 Å². The molecule has 0 rings (SSSR count). The van der Waals surface area contributed by atoms with Crippen LogP contribution in [-0.4, -0.2) is 19.3 Å². The van der Waals surface area contributed by atoms with Crippen molar-refractivity contribution < 1.29 is 31.7 Å². The normalized spacial score (nSPS) is 7.12. The van der Waals surface area contributed by atoms with Gasteiger partial charge in [0.25, 0.3) is 6.16 Å². The molecule has 0 radical (unpaired) electrons. The number of hydrogen-bond acceptors (Lipinski definition) is 4. The van der Waals surface area contributed by atoms with E-state index in [-0.39, 0.29) is 30.2 Å². The average molecular weight is 168 g/mol. The second-order valence-electron chi connectivity index (χ2n) is 0.887. The zero-order valence-corrected chi connectivity index (χ0v) is 4.96. The van der Waals surface area contributed by atoms with Crippen LogP contribution >= 0.6 is 0 Å². The summed E-state index contributed by atoms with van der Waals surface area (Å²) in [6.07, 6.45) is -1.52. The molecule has 2 N–H and O–H groups in total. The Labute approximate surface area is 57.5 Å². The first-order valence-corrected chi connectivity index (χ1v) is 1.81. The predicted octanol–water partition coefficient (Wildman–Crippen LogP) is -1.70. The van der Waals surface area contributed by atoms with Crippen molar-refractivity contribution >= 4 is 6.16 Å². The van der Waals surface area contributed by atoms with E-state index in [9.17, 15) is 9.90 Å². The van der Waals surface area contributed by atoms with E-state index in [0.717, 1.165) is 0 Å². The summed E-state index contributed by atoms with van der Waals surface area (Å²) in [5.41, 5.74) is 4.86. The van der Waals surface area contributed by atoms with Crippen LogP contribution < -0.4 is 10.8 Å². The van der Waals surface area contributed by atoms with Gasteiger partial charge in [-0.25, -0.2) is 0 Å². The maximum absolute atomic E-state index is 9.37. The van der Waals surface area contributed by atoms with E-state index >= 15 is 0 Å². The Morgan fingerprint density at radius 1 is 1.75 bits per heavy atom. The molecule has 0 saturated heterocycles. The van der Waals surface area contributed by atoms with Gasteiger partial charge < -0.3 is 20.4 Å². The molecule has 5 heteroatoms. The molecule has 0 amide bonds. The van der Waals surface area contributed by atoms with Crippen molar-refractivity contribution in [1.82, 2.24) is 0 Å². The summed E-state index contributed by atoms with van der Waals surface area (Å²) in [5, 5.41) is 9.37. The van der Waals surface area contributed by atoms with E-state index in [0.29, 0.717) is 0 Å². The second kappa shape index (κ2) is 6.75. The summed E-state index contributed by atoms with van der Waals surface area (Å²) < 4.78 is 3.87. The molecule has 0 saturated carbocycles. The minimum atomic E-state index is -1.52. The molecule has 0 aromatic rings. The zero-order chi connectivity index (χ0) is 5.70.